The van der Waals surface area contributed by atoms with E-state index in [0.29, 0.717) is 23.8 Å². The predicted octanol–water partition coefficient (Wildman–Crippen LogP) is 1.60. The maximum absolute atomic E-state index is 12.7. The highest BCUT2D eigenvalue weighted by Gasteiger charge is 2.42. The van der Waals surface area contributed by atoms with Gasteiger partial charge < -0.3 is 14.8 Å². The minimum absolute atomic E-state index is 0.0550. The van der Waals surface area contributed by atoms with Gasteiger partial charge in [-0.1, -0.05) is 13.0 Å². The second-order valence-electron chi connectivity index (χ2n) is 7.89. The van der Waals surface area contributed by atoms with Crippen LogP contribution in [0.2, 0.25) is 0 Å². The summed E-state index contributed by atoms with van der Waals surface area (Å²) in [6.45, 7) is 6.24. The summed E-state index contributed by atoms with van der Waals surface area (Å²) in [6, 6.07) is 4.03. The Balaban J connectivity index is 1.29. The van der Waals surface area contributed by atoms with E-state index >= 15 is 0 Å². The summed E-state index contributed by atoms with van der Waals surface area (Å²) in [5.74, 6) is 1.89. The normalized spacial score (nSPS) is 22.7. The topological polar surface area (TPSA) is 70.5 Å². The quantitative estimate of drug-likeness (QED) is 0.680. The molecule has 0 unspecified atom stereocenters. The van der Waals surface area contributed by atoms with Crippen LogP contribution >= 0.6 is 22.7 Å². The Morgan fingerprint density at radius 2 is 2.14 bits per heavy atom. The van der Waals surface area contributed by atoms with Crippen molar-refractivity contribution in [3.8, 4) is 10.4 Å². The standard InChI is InChI=1S/C20H22N4O2S2/c1-12-9-13(12)20(26)24-6-4-23(5-7-24)10-16-21-18(25)17-14(11-28-19(17)22-16)15-3-2-8-27-15/h2-3,8,11-13H,4-7,9-10H2,1H3,(H,21,22,25)/p+1/t12-,13-/m0/s1. The van der Waals surface area contributed by atoms with Gasteiger partial charge in [-0.15, -0.1) is 22.7 Å². The van der Waals surface area contributed by atoms with Crippen molar-refractivity contribution < 1.29 is 9.69 Å². The molecule has 1 amide bonds. The van der Waals surface area contributed by atoms with Crippen molar-refractivity contribution in [3.63, 3.8) is 0 Å². The number of amides is 1. The third-order valence-corrected chi connectivity index (χ3v) is 7.68. The molecule has 0 bridgehead atoms. The van der Waals surface area contributed by atoms with E-state index in [2.05, 4.69) is 11.9 Å². The van der Waals surface area contributed by atoms with Gasteiger partial charge in [0.15, 0.2) is 5.82 Å². The first-order chi connectivity index (χ1) is 13.6. The van der Waals surface area contributed by atoms with Crippen LogP contribution in [0.4, 0.5) is 0 Å². The molecular formula is C20H23N4O2S2+. The molecule has 8 heteroatoms. The van der Waals surface area contributed by atoms with E-state index in [1.807, 2.05) is 27.8 Å². The van der Waals surface area contributed by atoms with Crippen molar-refractivity contribution >= 4 is 38.8 Å². The van der Waals surface area contributed by atoms with Crippen LogP contribution in [0.5, 0.6) is 0 Å². The van der Waals surface area contributed by atoms with Crippen LogP contribution in [0.3, 0.4) is 0 Å². The maximum atomic E-state index is 12.7. The van der Waals surface area contributed by atoms with Crippen LogP contribution < -0.4 is 10.5 Å². The van der Waals surface area contributed by atoms with E-state index in [4.69, 9.17) is 4.98 Å². The lowest BCUT2D eigenvalue weighted by molar-refractivity contribution is -0.918. The van der Waals surface area contributed by atoms with Gasteiger partial charge in [0.25, 0.3) is 5.56 Å². The molecule has 2 atom stereocenters. The molecule has 1 aliphatic carbocycles. The number of H-pyrrole nitrogens is 1. The van der Waals surface area contributed by atoms with Gasteiger partial charge in [-0.25, -0.2) is 4.98 Å². The number of aromatic nitrogens is 2. The Kier molecular flexibility index (Phi) is 4.57. The highest BCUT2D eigenvalue weighted by molar-refractivity contribution is 7.18. The number of aromatic amines is 1. The average molecular weight is 416 g/mol. The Bertz CT molecular complexity index is 1060. The predicted molar refractivity (Wildman–Crippen MR) is 112 cm³/mol. The van der Waals surface area contributed by atoms with Crippen LogP contribution in [-0.2, 0) is 11.3 Å². The number of carbonyl (C=O) groups is 1. The summed E-state index contributed by atoms with van der Waals surface area (Å²) in [4.78, 5) is 38.1. The zero-order valence-electron chi connectivity index (χ0n) is 15.7. The fraction of sp³-hybridized carbons (Fsp3) is 0.450. The lowest BCUT2D eigenvalue weighted by atomic mass is 10.2. The molecule has 5 rings (SSSR count). The lowest BCUT2D eigenvalue weighted by Gasteiger charge is -2.32. The summed E-state index contributed by atoms with van der Waals surface area (Å²) in [5.41, 5.74) is 0.921. The van der Waals surface area contributed by atoms with E-state index < -0.39 is 0 Å². The first-order valence-electron chi connectivity index (χ1n) is 9.77. The van der Waals surface area contributed by atoms with Crippen LogP contribution in [0.1, 0.15) is 19.2 Å². The lowest BCUT2D eigenvalue weighted by Crippen LogP contribution is -3.13. The molecule has 3 aromatic rings. The summed E-state index contributed by atoms with van der Waals surface area (Å²) in [6.07, 6.45) is 1.05. The van der Waals surface area contributed by atoms with Gasteiger partial charge in [-0.2, -0.15) is 0 Å². The summed E-state index contributed by atoms with van der Waals surface area (Å²) >= 11 is 3.17. The largest absolute Gasteiger partial charge is 0.331 e. The van der Waals surface area contributed by atoms with Crippen LogP contribution in [-0.4, -0.2) is 47.0 Å². The fourth-order valence-electron chi connectivity index (χ4n) is 4.05. The van der Waals surface area contributed by atoms with Crippen LogP contribution in [0, 0.1) is 11.8 Å². The second-order valence-corrected chi connectivity index (χ2v) is 9.70. The zero-order chi connectivity index (χ0) is 19.3. The molecule has 28 heavy (non-hydrogen) atoms. The molecule has 0 spiro atoms. The van der Waals surface area contributed by atoms with Crippen molar-refractivity contribution in [1.29, 1.82) is 0 Å². The molecule has 2 N–H and O–H groups in total. The summed E-state index contributed by atoms with van der Waals surface area (Å²) < 4.78 is 0. The monoisotopic (exact) mass is 415 g/mol. The van der Waals surface area contributed by atoms with E-state index in [9.17, 15) is 9.59 Å². The minimum Gasteiger partial charge on any atom is -0.331 e. The number of nitrogens with one attached hydrogen (secondary N) is 2. The molecule has 2 aliphatic rings. The van der Waals surface area contributed by atoms with Gasteiger partial charge in [-0.05, 0) is 23.8 Å². The van der Waals surface area contributed by atoms with Crippen molar-refractivity contribution in [2.24, 2.45) is 11.8 Å². The average Bonchev–Trinajstić information content (AvgIpc) is 3.09. The number of carbonyl (C=O) groups excluding carboxylic acids is 1. The number of fused-ring (bicyclic) bond motifs is 1. The molecule has 1 saturated carbocycles. The molecule has 6 nitrogen and oxygen atoms in total. The molecule has 1 aliphatic heterocycles. The number of quaternary nitrogens is 1. The van der Waals surface area contributed by atoms with Gasteiger partial charge in [0.1, 0.15) is 11.4 Å². The summed E-state index contributed by atoms with van der Waals surface area (Å²) in [5, 5.41) is 4.74. The van der Waals surface area contributed by atoms with Crippen molar-refractivity contribution in [3.05, 3.63) is 39.1 Å². The van der Waals surface area contributed by atoms with Crippen LogP contribution in [0.15, 0.2) is 27.7 Å². The third-order valence-electron chi connectivity index (χ3n) is 5.91. The molecule has 0 aromatic carbocycles. The van der Waals surface area contributed by atoms with Crippen molar-refractivity contribution in [1.82, 2.24) is 14.9 Å². The molecule has 4 heterocycles. The molecule has 146 valence electrons. The number of hydrogen-bond donors (Lipinski definition) is 2. The minimum atomic E-state index is -0.0550. The Labute approximate surface area is 170 Å². The highest BCUT2D eigenvalue weighted by Crippen LogP contribution is 2.39. The van der Waals surface area contributed by atoms with Gasteiger partial charge in [0, 0.05) is 21.7 Å². The van der Waals surface area contributed by atoms with E-state index in [1.165, 1.54) is 16.2 Å². The molecule has 3 aromatic heterocycles. The van der Waals surface area contributed by atoms with E-state index in [0.717, 1.165) is 53.7 Å². The smallest absolute Gasteiger partial charge is 0.260 e. The third kappa shape index (κ3) is 3.29. The van der Waals surface area contributed by atoms with Gasteiger partial charge in [-0.3, -0.25) is 9.59 Å². The van der Waals surface area contributed by atoms with Crippen LogP contribution in [0.25, 0.3) is 20.7 Å². The van der Waals surface area contributed by atoms with Gasteiger partial charge in [0.05, 0.1) is 31.6 Å². The fourth-order valence-corrected chi connectivity index (χ4v) is 5.83. The Morgan fingerprint density at radius 3 is 2.82 bits per heavy atom. The number of thiophene rings is 2. The Hall–Kier alpha value is -2.03. The maximum Gasteiger partial charge on any atom is 0.260 e. The molecule has 1 saturated heterocycles. The summed E-state index contributed by atoms with van der Waals surface area (Å²) in [7, 11) is 0. The second kappa shape index (κ2) is 7.09. The van der Waals surface area contributed by atoms with Gasteiger partial charge >= 0.3 is 0 Å². The molecular weight excluding hydrogens is 392 g/mol. The number of hydrogen-bond acceptors (Lipinski definition) is 5. The van der Waals surface area contributed by atoms with Crippen molar-refractivity contribution in [2.75, 3.05) is 26.2 Å². The van der Waals surface area contributed by atoms with Gasteiger partial charge in [0.2, 0.25) is 5.91 Å². The Morgan fingerprint density at radius 1 is 1.36 bits per heavy atom. The number of nitrogens with zero attached hydrogens (tertiary/aromatic N) is 2. The first-order valence-corrected chi connectivity index (χ1v) is 11.5. The zero-order valence-corrected chi connectivity index (χ0v) is 17.4. The number of rotatable bonds is 4. The molecule has 2 fully saturated rings. The highest BCUT2D eigenvalue weighted by atomic mass is 32.1. The van der Waals surface area contributed by atoms with E-state index in [1.54, 1.807) is 11.3 Å². The molecule has 0 radical (unpaired) electrons. The first kappa shape index (κ1) is 18.0. The van der Waals surface area contributed by atoms with E-state index in [-0.39, 0.29) is 11.5 Å². The number of piperazine rings is 1. The van der Waals surface area contributed by atoms with Crippen molar-refractivity contribution in [2.45, 2.75) is 19.9 Å². The SMILES string of the molecule is C[C@H]1C[C@@H]1C(=O)N1CC[NH+](Cc2nc3scc(-c4cccs4)c3c(=O)[nH]2)CC1.